The first-order chi connectivity index (χ1) is 13.6. The van der Waals surface area contributed by atoms with Crippen molar-refractivity contribution in [2.24, 2.45) is 0 Å². The van der Waals surface area contributed by atoms with Crippen LogP contribution in [-0.4, -0.2) is 45.4 Å². The van der Waals surface area contributed by atoms with E-state index in [4.69, 9.17) is 4.98 Å². The topological polar surface area (TPSA) is 56.9 Å². The van der Waals surface area contributed by atoms with E-state index < -0.39 is 11.6 Å². The standard InChI is InChI=1S/C20H21F2N5O/c21-13-3-4-16(22)15(10-13)17-2-1-7-26(17)19-6-9-27-20(24-19)18(11-23-27)25-8-5-14(28)12-25/h3-4,6,9-11,14,17,28H,1-2,5,7-8,12H2/t14?,17-/m1/s1. The molecule has 2 aromatic heterocycles. The number of fused-ring (bicyclic) bond motifs is 1. The molecule has 0 bridgehead atoms. The van der Waals surface area contributed by atoms with Crippen molar-refractivity contribution in [3.05, 3.63) is 53.9 Å². The predicted molar refractivity (Wildman–Crippen MR) is 102 cm³/mol. The van der Waals surface area contributed by atoms with Gasteiger partial charge in [0.2, 0.25) is 0 Å². The lowest BCUT2D eigenvalue weighted by molar-refractivity contribution is 0.198. The molecule has 0 aliphatic carbocycles. The van der Waals surface area contributed by atoms with E-state index in [0.29, 0.717) is 17.8 Å². The Morgan fingerprint density at radius 1 is 1.11 bits per heavy atom. The lowest BCUT2D eigenvalue weighted by Gasteiger charge is -2.26. The second-order valence-electron chi connectivity index (χ2n) is 7.49. The van der Waals surface area contributed by atoms with Crippen molar-refractivity contribution in [3.63, 3.8) is 0 Å². The van der Waals surface area contributed by atoms with Crippen molar-refractivity contribution < 1.29 is 13.9 Å². The highest BCUT2D eigenvalue weighted by Gasteiger charge is 2.30. The zero-order valence-electron chi connectivity index (χ0n) is 15.3. The average molecular weight is 385 g/mol. The van der Waals surface area contributed by atoms with E-state index >= 15 is 0 Å². The molecule has 1 aromatic carbocycles. The van der Waals surface area contributed by atoms with Gasteiger partial charge in [0.05, 0.1) is 18.3 Å². The molecule has 5 rings (SSSR count). The van der Waals surface area contributed by atoms with Crippen LogP contribution >= 0.6 is 0 Å². The van der Waals surface area contributed by atoms with Crippen LogP contribution in [0.3, 0.4) is 0 Å². The first kappa shape index (κ1) is 17.4. The number of nitrogens with zero attached hydrogens (tertiary/aromatic N) is 5. The van der Waals surface area contributed by atoms with Crippen LogP contribution in [0.15, 0.2) is 36.7 Å². The van der Waals surface area contributed by atoms with Crippen LogP contribution in [0.5, 0.6) is 0 Å². The van der Waals surface area contributed by atoms with E-state index in [1.165, 1.54) is 12.1 Å². The van der Waals surface area contributed by atoms with Gasteiger partial charge in [0.25, 0.3) is 0 Å². The highest BCUT2D eigenvalue weighted by atomic mass is 19.1. The molecule has 146 valence electrons. The molecule has 28 heavy (non-hydrogen) atoms. The van der Waals surface area contributed by atoms with Gasteiger partial charge in [-0.25, -0.2) is 18.3 Å². The van der Waals surface area contributed by atoms with E-state index in [-0.39, 0.29) is 12.1 Å². The summed E-state index contributed by atoms with van der Waals surface area (Å²) in [6.07, 6.45) is 5.62. The van der Waals surface area contributed by atoms with E-state index in [2.05, 4.69) is 10.00 Å². The van der Waals surface area contributed by atoms with Gasteiger partial charge in [0, 0.05) is 31.4 Å². The van der Waals surface area contributed by atoms with E-state index in [1.807, 2.05) is 17.2 Å². The molecular weight excluding hydrogens is 364 g/mol. The van der Waals surface area contributed by atoms with Crippen molar-refractivity contribution in [2.45, 2.75) is 31.4 Å². The molecule has 0 radical (unpaired) electrons. The number of rotatable bonds is 3. The normalized spacial score (nSPS) is 22.5. The van der Waals surface area contributed by atoms with Crippen LogP contribution in [-0.2, 0) is 0 Å². The summed E-state index contributed by atoms with van der Waals surface area (Å²) in [5.41, 5.74) is 1.96. The molecule has 1 N–H and O–H groups in total. The fourth-order valence-electron chi connectivity index (χ4n) is 4.33. The maximum Gasteiger partial charge on any atom is 0.180 e. The van der Waals surface area contributed by atoms with Crippen LogP contribution in [0.4, 0.5) is 20.3 Å². The van der Waals surface area contributed by atoms with Crippen molar-refractivity contribution in [3.8, 4) is 0 Å². The number of aliphatic hydroxyl groups is 1. The number of aromatic nitrogens is 3. The highest BCUT2D eigenvalue weighted by molar-refractivity contribution is 5.70. The third kappa shape index (κ3) is 2.88. The highest BCUT2D eigenvalue weighted by Crippen LogP contribution is 2.37. The maximum atomic E-state index is 14.4. The summed E-state index contributed by atoms with van der Waals surface area (Å²) in [5, 5.41) is 14.2. The van der Waals surface area contributed by atoms with Crippen molar-refractivity contribution in [1.29, 1.82) is 0 Å². The molecule has 8 heteroatoms. The van der Waals surface area contributed by atoms with E-state index in [0.717, 1.165) is 49.9 Å². The van der Waals surface area contributed by atoms with Gasteiger partial charge in [-0.2, -0.15) is 5.10 Å². The van der Waals surface area contributed by atoms with Gasteiger partial charge in [-0.05, 0) is 43.5 Å². The molecule has 0 saturated carbocycles. The van der Waals surface area contributed by atoms with Crippen molar-refractivity contribution in [1.82, 2.24) is 14.6 Å². The van der Waals surface area contributed by atoms with Gasteiger partial charge in [0.1, 0.15) is 23.1 Å². The number of β-amino-alcohol motifs (C(OH)–C–C–N with tert-alkyl or cyclic N) is 1. The zero-order valence-corrected chi connectivity index (χ0v) is 15.3. The molecule has 3 aromatic rings. The van der Waals surface area contributed by atoms with E-state index in [1.54, 1.807) is 10.7 Å². The Kier molecular flexibility index (Phi) is 4.16. The summed E-state index contributed by atoms with van der Waals surface area (Å²) < 4.78 is 29.8. The Labute approximate surface area is 161 Å². The number of hydrogen-bond donors (Lipinski definition) is 1. The molecule has 0 amide bonds. The molecule has 4 heterocycles. The number of halogens is 2. The molecular formula is C20H21F2N5O. The minimum absolute atomic E-state index is 0.245. The summed E-state index contributed by atoms with van der Waals surface area (Å²) in [7, 11) is 0. The summed E-state index contributed by atoms with van der Waals surface area (Å²) >= 11 is 0. The van der Waals surface area contributed by atoms with Crippen LogP contribution in [0.1, 0.15) is 30.9 Å². The largest absolute Gasteiger partial charge is 0.391 e. The number of benzene rings is 1. The lowest BCUT2D eigenvalue weighted by atomic mass is 10.0. The Morgan fingerprint density at radius 2 is 2.00 bits per heavy atom. The first-order valence-corrected chi connectivity index (χ1v) is 9.59. The fraction of sp³-hybridized carbons (Fsp3) is 0.400. The third-order valence-electron chi connectivity index (χ3n) is 5.70. The second kappa shape index (κ2) is 6.70. The molecule has 6 nitrogen and oxygen atoms in total. The predicted octanol–water partition coefficient (Wildman–Crippen LogP) is 2.92. The Hall–Kier alpha value is -2.74. The van der Waals surface area contributed by atoms with Gasteiger partial charge in [-0.15, -0.1) is 0 Å². The van der Waals surface area contributed by atoms with Gasteiger partial charge in [-0.1, -0.05) is 0 Å². The van der Waals surface area contributed by atoms with Crippen LogP contribution in [0.2, 0.25) is 0 Å². The van der Waals surface area contributed by atoms with Crippen molar-refractivity contribution >= 4 is 17.2 Å². The number of aliphatic hydroxyl groups excluding tert-OH is 1. The monoisotopic (exact) mass is 385 g/mol. The quantitative estimate of drug-likeness (QED) is 0.751. The second-order valence-corrected chi connectivity index (χ2v) is 7.49. The summed E-state index contributed by atoms with van der Waals surface area (Å²) in [6.45, 7) is 2.05. The smallest absolute Gasteiger partial charge is 0.180 e. The van der Waals surface area contributed by atoms with Crippen LogP contribution in [0.25, 0.3) is 5.65 Å². The number of hydrogen-bond acceptors (Lipinski definition) is 5. The molecule has 2 aliphatic rings. The van der Waals surface area contributed by atoms with Gasteiger partial charge in [-0.3, -0.25) is 0 Å². The zero-order chi connectivity index (χ0) is 19.3. The molecule has 1 unspecified atom stereocenters. The first-order valence-electron chi connectivity index (χ1n) is 9.59. The minimum atomic E-state index is -0.433. The van der Waals surface area contributed by atoms with Crippen LogP contribution < -0.4 is 9.80 Å². The maximum absolute atomic E-state index is 14.4. The summed E-state index contributed by atoms with van der Waals surface area (Å²) in [6, 6.07) is 5.23. The van der Waals surface area contributed by atoms with Crippen molar-refractivity contribution in [2.75, 3.05) is 29.4 Å². The van der Waals surface area contributed by atoms with Crippen LogP contribution in [0, 0.1) is 11.6 Å². The average Bonchev–Trinajstić information content (AvgIpc) is 3.42. The summed E-state index contributed by atoms with van der Waals surface area (Å²) in [4.78, 5) is 8.92. The molecule has 2 fully saturated rings. The third-order valence-corrected chi connectivity index (χ3v) is 5.70. The minimum Gasteiger partial charge on any atom is -0.391 e. The van der Waals surface area contributed by atoms with Gasteiger partial charge < -0.3 is 14.9 Å². The SMILES string of the molecule is OC1CCN(c2cnn3ccc(N4CCC[C@@H]4c4cc(F)ccc4F)nc23)C1. The van der Waals surface area contributed by atoms with E-state index in [9.17, 15) is 13.9 Å². The summed E-state index contributed by atoms with van der Waals surface area (Å²) in [5.74, 6) is -0.104. The molecule has 2 aliphatic heterocycles. The van der Waals surface area contributed by atoms with Gasteiger partial charge >= 0.3 is 0 Å². The number of anilines is 2. The molecule has 0 spiro atoms. The van der Waals surface area contributed by atoms with Gasteiger partial charge in [0.15, 0.2) is 5.65 Å². The lowest BCUT2D eigenvalue weighted by Crippen LogP contribution is -2.25. The Balaban J connectivity index is 1.52. The Morgan fingerprint density at radius 3 is 2.82 bits per heavy atom. The Bertz CT molecular complexity index is 1020. The fourth-order valence-corrected chi connectivity index (χ4v) is 4.33. The molecule has 2 atom stereocenters. The molecule has 2 saturated heterocycles.